The Morgan fingerprint density at radius 2 is 1.67 bits per heavy atom. The molecule has 86 valence electrons. The first-order valence-corrected chi connectivity index (χ1v) is 6.07. The summed E-state index contributed by atoms with van der Waals surface area (Å²) in [5, 5.41) is 4.87. The molecule has 0 saturated carbocycles. The first-order valence-electron chi connectivity index (χ1n) is 5.69. The van der Waals surface area contributed by atoms with E-state index < -0.39 is 0 Å². The molecule has 3 aromatic carbocycles. The van der Waals surface area contributed by atoms with Crippen molar-refractivity contribution in [2.45, 2.75) is 0 Å². The minimum Gasteiger partial charge on any atom is -0.428 e. The molecule has 2 nitrogen and oxygen atoms in total. The number of benzene rings is 3. The van der Waals surface area contributed by atoms with Gasteiger partial charge in [-0.1, -0.05) is 36.4 Å². The van der Waals surface area contributed by atoms with Crippen molar-refractivity contribution in [1.82, 2.24) is 4.98 Å². The smallest absolute Gasteiger partial charge is 0.293 e. The highest BCUT2D eigenvalue weighted by Crippen LogP contribution is 2.31. The summed E-state index contributed by atoms with van der Waals surface area (Å²) in [5.41, 5.74) is 1.55. The highest BCUT2D eigenvalue weighted by Gasteiger charge is 2.09. The van der Waals surface area contributed by atoms with Crippen molar-refractivity contribution in [3.63, 3.8) is 0 Å². The van der Waals surface area contributed by atoms with Crippen LogP contribution >= 0.6 is 11.6 Å². The average Bonchev–Trinajstić information content (AvgIpc) is 2.79. The van der Waals surface area contributed by atoms with Gasteiger partial charge in [0.1, 0.15) is 5.52 Å². The molecule has 0 aliphatic rings. The van der Waals surface area contributed by atoms with E-state index in [-0.39, 0.29) is 5.35 Å². The maximum absolute atomic E-state index is 5.82. The van der Waals surface area contributed by atoms with Crippen molar-refractivity contribution in [3.8, 4) is 0 Å². The van der Waals surface area contributed by atoms with Gasteiger partial charge in [0.05, 0.1) is 0 Å². The second kappa shape index (κ2) is 3.47. The third-order valence-corrected chi connectivity index (χ3v) is 3.42. The number of aromatic nitrogens is 1. The second-order valence-corrected chi connectivity index (χ2v) is 4.58. The average molecular weight is 254 g/mol. The molecule has 0 saturated heterocycles. The van der Waals surface area contributed by atoms with E-state index in [0.717, 1.165) is 16.5 Å². The molecule has 1 heterocycles. The van der Waals surface area contributed by atoms with E-state index in [0.29, 0.717) is 0 Å². The van der Waals surface area contributed by atoms with Gasteiger partial charge in [0.15, 0.2) is 5.58 Å². The first-order chi connectivity index (χ1) is 8.83. The zero-order valence-electron chi connectivity index (χ0n) is 9.35. The molecule has 0 N–H and O–H groups in total. The van der Waals surface area contributed by atoms with Gasteiger partial charge in [-0.05, 0) is 39.9 Å². The lowest BCUT2D eigenvalue weighted by atomic mass is 10.0. The maximum atomic E-state index is 5.82. The predicted octanol–water partition coefficient (Wildman–Crippen LogP) is 4.79. The van der Waals surface area contributed by atoms with Gasteiger partial charge in [0.2, 0.25) is 0 Å². The lowest BCUT2D eigenvalue weighted by Crippen LogP contribution is -1.79. The molecule has 0 atom stereocenters. The van der Waals surface area contributed by atoms with Crippen LogP contribution in [0, 0.1) is 0 Å². The van der Waals surface area contributed by atoms with Crippen molar-refractivity contribution in [2.24, 2.45) is 0 Å². The quantitative estimate of drug-likeness (QED) is 0.421. The van der Waals surface area contributed by atoms with Gasteiger partial charge in [-0.25, -0.2) is 0 Å². The summed E-state index contributed by atoms with van der Waals surface area (Å²) in [6, 6.07) is 16.4. The molecule has 1 aromatic heterocycles. The van der Waals surface area contributed by atoms with Crippen molar-refractivity contribution in [3.05, 3.63) is 53.9 Å². The topological polar surface area (TPSA) is 26.0 Å². The fraction of sp³-hybridized carbons (Fsp3) is 0. The summed E-state index contributed by atoms with van der Waals surface area (Å²) < 4.78 is 5.34. The normalized spacial score (nSPS) is 11.6. The Morgan fingerprint density at radius 1 is 0.833 bits per heavy atom. The van der Waals surface area contributed by atoms with E-state index in [1.165, 1.54) is 16.2 Å². The number of rotatable bonds is 0. The molecule has 0 radical (unpaired) electrons. The monoisotopic (exact) mass is 253 g/mol. The lowest BCUT2D eigenvalue weighted by molar-refractivity contribution is 0.604. The molecule has 0 aliphatic heterocycles. The van der Waals surface area contributed by atoms with Crippen LogP contribution in [0.25, 0.3) is 32.6 Å². The standard InChI is InChI=1S/C15H8ClNO/c16-15-17-14-12-6-5-9-3-1-2-4-10(9)11(12)7-8-13(14)18-15/h1-8H. The van der Waals surface area contributed by atoms with Crippen molar-refractivity contribution < 1.29 is 4.42 Å². The molecule has 18 heavy (non-hydrogen) atoms. The van der Waals surface area contributed by atoms with E-state index >= 15 is 0 Å². The van der Waals surface area contributed by atoms with Crippen LogP contribution in [0.15, 0.2) is 52.9 Å². The number of hydrogen-bond donors (Lipinski definition) is 0. The van der Waals surface area contributed by atoms with E-state index in [1.54, 1.807) is 0 Å². The fourth-order valence-electron chi connectivity index (χ4n) is 2.45. The number of fused-ring (bicyclic) bond motifs is 5. The number of nitrogens with zero attached hydrogens (tertiary/aromatic N) is 1. The van der Waals surface area contributed by atoms with Crippen LogP contribution in [0.1, 0.15) is 0 Å². The van der Waals surface area contributed by atoms with Gasteiger partial charge < -0.3 is 4.42 Å². The SMILES string of the molecule is Clc1nc2c(ccc3c4ccccc4ccc32)o1. The van der Waals surface area contributed by atoms with Gasteiger partial charge in [0.25, 0.3) is 5.35 Å². The number of hydrogen-bond acceptors (Lipinski definition) is 2. The van der Waals surface area contributed by atoms with E-state index in [1.807, 2.05) is 18.2 Å². The highest BCUT2D eigenvalue weighted by atomic mass is 35.5. The summed E-state index contributed by atoms with van der Waals surface area (Å²) >= 11 is 5.82. The summed E-state index contributed by atoms with van der Waals surface area (Å²) in [6.45, 7) is 0. The largest absolute Gasteiger partial charge is 0.428 e. The fourth-order valence-corrected chi connectivity index (χ4v) is 2.62. The van der Waals surface area contributed by atoms with E-state index in [2.05, 4.69) is 35.3 Å². The van der Waals surface area contributed by atoms with Crippen molar-refractivity contribution >= 4 is 44.2 Å². The third kappa shape index (κ3) is 1.27. The summed E-state index contributed by atoms with van der Waals surface area (Å²) in [5.74, 6) is 0. The Morgan fingerprint density at radius 3 is 2.61 bits per heavy atom. The predicted molar refractivity (Wildman–Crippen MR) is 74.0 cm³/mol. The lowest BCUT2D eigenvalue weighted by Gasteiger charge is -2.03. The Balaban J connectivity index is 2.30. The van der Waals surface area contributed by atoms with Gasteiger partial charge in [-0.15, -0.1) is 0 Å². The molecule has 4 rings (SSSR count). The van der Waals surface area contributed by atoms with Crippen LogP contribution in [0.5, 0.6) is 0 Å². The van der Waals surface area contributed by atoms with Crippen LogP contribution in [0.3, 0.4) is 0 Å². The van der Waals surface area contributed by atoms with Crippen LogP contribution in [-0.2, 0) is 0 Å². The molecule has 4 aromatic rings. The molecular formula is C15H8ClNO. The zero-order chi connectivity index (χ0) is 12.1. The molecule has 0 spiro atoms. The Hall–Kier alpha value is -2.06. The molecule has 0 amide bonds. The summed E-state index contributed by atoms with van der Waals surface area (Å²) in [4.78, 5) is 4.25. The van der Waals surface area contributed by atoms with Gasteiger partial charge in [-0.2, -0.15) is 4.98 Å². The molecule has 3 heteroatoms. The highest BCUT2D eigenvalue weighted by molar-refractivity contribution is 6.28. The third-order valence-electron chi connectivity index (χ3n) is 3.25. The molecule has 0 bridgehead atoms. The van der Waals surface area contributed by atoms with Gasteiger partial charge in [0, 0.05) is 5.39 Å². The summed E-state index contributed by atoms with van der Waals surface area (Å²) in [6.07, 6.45) is 0. The minimum atomic E-state index is 0.186. The van der Waals surface area contributed by atoms with Crippen molar-refractivity contribution in [1.29, 1.82) is 0 Å². The van der Waals surface area contributed by atoms with Gasteiger partial charge in [-0.3, -0.25) is 0 Å². The zero-order valence-corrected chi connectivity index (χ0v) is 10.1. The first kappa shape index (κ1) is 9.92. The molecule has 0 aliphatic carbocycles. The van der Waals surface area contributed by atoms with Crippen LogP contribution in [0.2, 0.25) is 5.35 Å². The Labute approximate surface area is 108 Å². The Kier molecular flexibility index (Phi) is 1.91. The van der Waals surface area contributed by atoms with Gasteiger partial charge >= 0.3 is 0 Å². The van der Waals surface area contributed by atoms with Crippen molar-refractivity contribution in [2.75, 3.05) is 0 Å². The second-order valence-electron chi connectivity index (χ2n) is 4.26. The van der Waals surface area contributed by atoms with E-state index in [4.69, 9.17) is 16.0 Å². The summed E-state index contributed by atoms with van der Waals surface area (Å²) in [7, 11) is 0. The van der Waals surface area contributed by atoms with Crippen LogP contribution < -0.4 is 0 Å². The maximum Gasteiger partial charge on any atom is 0.293 e. The minimum absolute atomic E-state index is 0.186. The van der Waals surface area contributed by atoms with Crippen LogP contribution in [-0.4, -0.2) is 4.98 Å². The number of halogens is 1. The van der Waals surface area contributed by atoms with Crippen LogP contribution in [0.4, 0.5) is 0 Å². The molecule has 0 unspecified atom stereocenters. The van der Waals surface area contributed by atoms with E-state index in [9.17, 15) is 0 Å². The molecular weight excluding hydrogens is 246 g/mol. The molecule has 0 fully saturated rings. The Bertz CT molecular complexity index is 895. The number of oxazole rings is 1.